The van der Waals surface area contributed by atoms with E-state index in [-0.39, 0.29) is 5.82 Å². The highest BCUT2D eigenvalue weighted by Gasteiger charge is 2.06. The highest BCUT2D eigenvalue weighted by molar-refractivity contribution is 7.11. The molecule has 0 spiro atoms. The summed E-state index contributed by atoms with van der Waals surface area (Å²) in [6.45, 7) is 4.63. The Morgan fingerprint density at radius 1 is 1.33 bits per heavy atom. The van der Waals surface area contributed by atoms with Crippen molar-refractivity contribution in [2.24, 2.45) is 5.73 Å². The molecule has 2 aromatic rings. The van der Waals surface area contributed by atoms with Crippen molar-refractivity contribution in [3.05, 3.63) is 45.2 Å². The van der Waals surface area contributed by atoms with E-state index in [2.05, 4.69) is 4.98 Å². The predicted octanol–water partition coefficient (Wildman–Crippen LogP) is 2.94. The van der Waals surface area contributed by atoms with Crippen LogP contribution in [0.1, 0.15) is 21.1 Å². The average Bonchev–Trinajstić information content (AvgIpc) is 2.65. The average molecular weight is 266 g/mol. The SMILES string of the molecule is Cc1nc(COc2cc(F)cc(CN)c2)sc1C. The minimum absolute atomic E-state index is 0.295. The third-order valence-corrected chi connectivity index (χ3v) is 3.65. The number of aromatic nitrogens is 1. The third kappa shape index (κ3) is 3.05. The van der Waals surface area contributed by atoms with E-state index in [1.54, 1.807) is 17.4 Å². The van der Waals surface area contributed by atoms with E-state index in [9.17, 15) is 4.39 Å². The van der Waals surface area contributed by atoms with Crippen LogP contribution in [-0.4, -0.2) is 4.98 Å². The largest absolute Gasteiger partial charge is 0.486 e. The molecule has 2 rings (SSSR count). The van der Waals surface area contributed by atoms with Crippen molar-refractivity contribution >= 4 is 11.3 Å². The van der Waals surface area contributed by atoms with Gasteiger partial charge in [0.1, 0.15) is 23.2 Å². The summed E-state index contributed by atoms with van der Waals surface area (Å²) in [6.07, 6.45) is 0. The summed E-state index contributed by atoms with van der Waals surface area (Å²) in [5, 5.41) is 0.892. The first-order chi connectivity index (χ1) is 8.58. The van der Waals surface area contributed by atoms with Crippen LogP contribution >= 0.6 is 11.3 Å². The summed E-state index contributed by atoms with van der Waals surface area (Å²) in [4.78, 5) is 5.54. The van der Waals surface area contributed by atoms with Gasteiger partial charge in [-0.3, -0.25) is 0 Å². The molecule has 0 aliphatic heterocycles. The number of aryl methyl sites for hydroxylation is 2. The molecule has 1 aromatic carbocycles. The summed E-state index contributed by atoms with van der Waals surface area (Å²) in [6, 6.07) is 4.51. The fraction of sp³-hybridized carbons (Fsp3) is 0.308. The molecule has 96 valence electrons. The molecule has 0 radical (unpaired) electrons. The molecule has 0 aliphatic rings. The number of nitrogens with two attached hydrogens (primary N) is 1. The lowest BCUT2D eigenvalue weighted by Crippen LogP contribution is -2.00. The van der Waals surface area contributed by atoms with Gasteiger partial charge in [-0.25, -0.2) is 9.37 Å². The molecular formula is C13H15FN2OS. The molecule has 0 fully saturated rings. The maximum atomic E-state index is 13.3. The van der Waals surface area contributed by atoms with Crippen LogP contribution < -0.4 is 10.5 Å². The molecule has 1 heterocycles. The van der Waals surface area contributed by atoms with Gasteiger partial charge in [0.05, 0.1) is 5.69 Å². The van der Waals surface area contributed by atoms with Gasteiger partial charge in [0.25, 0.3) is 0 Å². The molecule has 5 heteroatoms. The van der Waals surface area contributed by atoms with Crippen LogP contribution in [0.15, 0.2) is 18.2 Å². The molecule has 0 saturated heterocycles. The van der Waals surface area contributed by atoms with Crippen LogP contribution in [0.3, 0.4) is 0 Å². The van der Waals surface area contributed by atoms with Gasteiger partial charge in [-0.05, 0) is 31.5 Å². The monoisotopic (exact) mass is 266 g/mol. The van der Waals surface area contributed by atoms with Crippen molar-refractivity contribution in [3.63, 3.8) is 0 Å². The lowest BCUT2D eigenvalue weighted by atomic mass is 10.2. The van der Waals surface area contributed by atoms with E-state index < -0.39 is 0 Å². The second-order valence-corrected chi connectivity index (χ2v) is 5.32. The van der Waals surface area contributed by atoms with Gasteiger partial charge in [-0.2, -0.15) is 0 Å². The second-order valence-electron chi connectivity index (χ2n) is 4.04. The van der Waals surface area contributed by atoms with Gasteiger partial charge in [0.2, 0.25) is 0 Å². The van der Waals surface area contributed by atoms with Crippen LogP contribution in [0.5, 0.6) is 5.75 Å². The van der Waals surface area contributed by atoms with Crippen LogP contribution in [0.2, 0.25) is 0 Å². The zero-order valence-electron chi connectivity index (χ0n) is 10.4. The smallest absolute Gasteiger partial charge is 0.140 e. The van der Waals surface area contributed by atoms with Crippen molar-refractivity contribution in [2.75, 3.05) is 0 Å². The first-order valence-corrected chi connectivity index (χ1v) is 6.45. The number of hydrogen-bond acceptors (Lipinski definition) is 4. The van der Waals surface area contributed by atoms with E-state index in [4.69, 9.17) is 10.5 Å². The quantitative estimate of drug-likeness (QED) is 0.925. The zero-order valence-corrected chi connectivity index (χ0v) is 11.2. The second kappa shape index (κ2) is 5.46. The number of hydrogen-bond donors (Lipinski definition) is 1. The Hall–Kier alpha value is -1.46. The topological polar surface area (TPSA) is 48.1 Å². The number of nitrogens with zero attached hydrogens (tertiary/aromatic N) is 1. The van der Waals surface area contributed by atoms with Crippen LogP contribution in [0.4, 0.5) is 4.39 Å². The first kappa shape index (κ1) is 13.0. The molecule has 2 N–H and O–H groups in total. The van der Waals surface area contributed by atoms with E-state index in [1.807, 2.05) is 13.8 Å². The van der Waals surface area contributed by atoms with Crippen molar-refractivity contribution in [1.82, 2.24) is 4.98 Å². The summed E-state index contributed by atoms with van der Waals surface area (Å²) >= 11 is 1.59. The maximum absolute atomic E-state index is 13.3. The van der Waals surface area contributed by atoms with Crippen LogP contribution in [0, 0.1) is 19.7 Å². The molecule has 0 bridgehead atoms. The molecular weight excluding hydrogens is 251 g/mol. The fourth-order valence-electron chi connectivity index (χ4n) is 1.57. The molecule has 3 nitrogen and oxygen atoms in total. The summed E-state index contributed by atoms with van der Waals surface area (Å²) < 4.78 is 18.8. The highest BCUT2D eigenvalue weighted by Crippen LogP contribution is 2.20. The summed E-state index contributed by atoms with van der Waals surface area (Å²) in [5.41, 5.74) is 7.22. The highest BCUT2D eigenvalue weighted by atomic mass is 32.1. The van der Waals surface area contributed by atoms with E-state index in [0.717, 1.165) is 16.3 Å². The third-order valence-electron chi connectivity index (χ3n) is 2.60. The predicted molar refractivity (Wildman–Crippen MR) is 70.2 cm³/mol. The Labute approximate surface area is 109 Å². The van der Waals surface area contributed by atoms with Crippen LogP contribution in [0.25, 0.3) is 0 Å². The van der Waals surface area contributed by atoms with Gasteiger partial charge >= 0.3 is 0 Å². The Morgan fingerprint density at radius 3 is 2.72 bits per heavy atom. The number of thiazole rings is 1. The van der Waals surface area contributed by atoms with Crippen LogP contribution in [-0.2, 0) is 13.2 Å². The van der Waals surface area contributed by atoms with Gasteiger partial charge in [0, 0.05) is 17.5 Å². The number of rotatable bonds is 4. The van der Waals surface area contributed by atoms with E-state index in [1.165, 1.54) is 17.0 Å². The molecule has 0 amide bonds. The molecule has 18 heavy (non-hydrogen) atoms. The maximum Gasteiger partial charge on any atom is 0.140 e. The summed E-state index contributed by atoms with van der Waals surface area (Å²) in [7, 11) is 0. The zero-order chi connectivity index (χ0) is 13.1. The van der Waals surface area contributed by atoms with Gasteiger partial charge in [-0.15, -0.1) is 11.3 Å². The Bertz CT molecular complexity index is 534. The number of ether oxygens (including phenoxy) is 1. The van der Waals surface area contributed by atoms with Crippen molar-refractivity contribution in [3.8, 4) is 5.75 Å². The van der Waals surface area contributed by atoms with E-state index in [0.29, 0.717) is 18.9 Å². The first-order valence-electron chi connectivity index (χ1n) is 5.63. The molecule has 0 unspecified atom stereocenters. The molecule has 0 atom stereocenters. The van der Waals surface area contributed by atoms with Gasteiger partial charge < -0.3 is 10.5 Å². The fourth-order valence-corrected chi connectivity index (χ4v) is 2.42. The van der Waals surface area contributed by atoms with Gasteiger partial charge in [0.15, 0.2) is 0 Å². The van der Waals surface area contributed by atoms with E-state index >= 15 is 0 Å². The molecule has 1 aromatic heterocycles. The van der Waals surface area contributed by atoms with Crippen molar-refractivity contribution in [2.45, 2.75) is 27.0 Å². The lowest BCUT2D eigenvalue weighted by molar-refractivity contribution is 0.303. The minimum atomic E-state index is -0.334. The minimum Gasteiger partial charge on any atom is -0.486 e. The Morgan fingerprint density at radius 2 is 2.11 bits per heavy atom. The van der Waals surface area contributed by atoms with Gasteiger partial charge in [-0.1, -0.05) is 0 Å². The van der Waals surface area contributed by atoms with Crippen molar-refractivity contribution < 1.29 is 9.13 Å². The standard InChI is InChI=1S/C13H15FN2OS/c1-8-9(2)18-13(16-8)7-17-12-4-10(6-15)3-11(14)5-12/h3-5H,6-7,15H2,1-2H3. The molecule has 0 aliphatic carbocycles. The number of halogens is 1. The Kier molecular flexibility index (Phi) is 3.93. The van der Waals surface area contributed by atoms with Crippen molar-refractivity contribution in [1.29, 1.82) is 0 Å². The number of benzene rings is 1. The lowest BCUT2D eigenvalue weighted by Gasteiger charge is -2.06. The Balaban J connectivity index is 2.07. The normalized spacial score (nSPS) is 10.7. The molecule has 0 saturated carbocycles. The summed E-state index contributed by atoms with van der Waals surface area (Å²) in [5.74, 6) is 0.153.